The molecule has 0 aliphatic rings. The second-order valence-electron chi connectivity index (χ2n) is 7.00. The number of aromatic nitrogens is 4. The molecule has 4 rings (SSSR count). The van der Waals surface area contributed by atoms with Gasteiger partial charge in [0.05, 0.1) is 26.0 Å². The van der Waals surface area contributed by atoms with Crippen molar-refractivity contribution in [3.63, 3.8) is 0 Å². The number of nitrogens with zero attached hydrogens (tertiary/aromatic N) is 4. The van der Waals surface area contributed by atoms with Crippen LogP contribution in [0.3, 0.4) is 0 Å². The van der Waals surface area contributed by atoms with Gasteiger partial charge in [-0.25, -0.2) is 14.5 Å². The first-order valence-corrected chi connectivity index (χ1v) is 9.99. The second kappa shape index (κ2) is 9.34. The Morgan fingerprint density at radius 1 is 1.06 bits per heavy atom. The highest BCUT2D eigenvalue weighted by Crippen LogP contribution is 2.25. The molecule has 2 aromatic carbocycles. The van der Waals surface area contributed by atoms with E-state index in [0.29, 0.717) is 23.0 Å². The van der Waals surface area contributed by atoms with Gasteiger partial charge in [0.25, 0.3) is 5.91 Å². The number of methoxy groups -OCH3 is 2. The van der Waals surface area contributed by atoms with Crippen molar-refractivity contribution in [2.75, 3.05) is 20.8 Å². The molecule has 0 bridgehead atoms. The molecule has 9 heteroatoms. The number of carbonyl (C=O) groups excluding carboxylic acids is 1. The fourth-order valence-electron chi connectivity index (χ4n) is 3.14. The number of ether oxygens (including phenoxy) is 3. The lowest BCUT2D eigenvalue weighted by Gasteiger charge is -2.12. The molecule has 32 heavy (non-hydrogen) atoms. The Kier molecular flexibility index (Phi) is 6.16. The van der Waals surface area contributed by atoms with Crippen molar-refractivity contribution in [1.82, 2.24) is 24.9 Å². The molecule has 2 aromatic heterocycles. The molecule has 1 atom stereocenters. The van der Waals surface area contributed by atoms with Gasteiger partial charge in [-0.15, -0.1) is 5.10 Å². The quantitative estimate of drug-likeness (QED) is 0.456. The third-order valence-corrected chi connectivity index (χ3v) is 4.82. The summed E-state index contributed by atoms with van der Waals surface area (Å²) in [5.41, 5.74) is 2.33. The van der Waals surface area contributed by atoms with Crippen molar-refractivity contribution >= 4 is 11.6 Å². The van der Waals surface area contributed by atoms with E-state index in [-0.39, 0.29) is 12.5 Å². The van der Waals surface area contributed by atoms with E-state index in [1.165, 1.54) is 0 Å². The predicted molar refractivity (Wildman–Crippen MR) is 118 cm³/mol. The molecule has 0 saturated carbocycles. The Hall–Kier alpha value is -4.14. The molecule has 0 saturated heterocycles. The van der Waals surface area contributed by atoms with Crippen molar-refractivity contribution < 1.29 is 19.0 Å². The third kappa shape index (κ3) is 4.61. The van der Waals surface area contributed by atoms with Gasteiger partial charge in [0.15, 0.2) is 29.6 Å². The number of hydrogen-bond acceptors (Lipinski definition) is 7. The predicted octanol–water partition coefficient (Wildman–Crippen LogP) is 3.06. The number of para-hydroxylation sites is 2. The van der Waals surface area contributed by atoms with Gasteiger partial charge in [-0.2, -0.15) is 0 Å². The zero-order valence-corrected chi connectivity index (χ0v) is 18.0. The van der Waals surface area contributed by atoms with E-state index in [1.807, 2.05) is 49.4 Å². The number of rotatable bonds is 8. The maximum Gasteiger partial charge on any atom is 0.258 e. The summed E-state index contributed by atoms with van der Waals surface area (Å²) in [6.45, 7) is 1.66. The molecule has 1 amide bonds. The van der Waals surface area contributed by atoms with Crippen molar-refractivity contribution in [1.29, 1.82) is 0 Å². The van der Waals surface area contributed by atoms with Crippen LogP contribution in [0.5, 0.6) is 17.2 Å². The van der Waals surface area contributed by atoms with Gasteiger partial charge >= 0.3 is 0 Å². The Labute approximate surface area is 185 Å². The Balaban J connectivity index is 1.42. The van der Waals surface area contributed by atoms with Crippen LogP contribution in [0.4, 0.5) is 0 Å². The highest BCUT2D eigenvalue weighted by molar-refractivity contribution is 5.78. The van der Waals surface area contributed by atoms with Gasteiger partial charge in [-0.3, -0.25) is 4.79 Å². The first-order chi connectivity index (χ1) is 15.6. The summed E-state index contributed by atoms with van der Waals surface area (Å²) in [4.78, 5) is 21.3. The number of fused-ring (bicyclic) bond motifs is 1. The minimum absolute atomic E-state index is 0.152. The monoisotopic (exact) mass is 433 g/mol. The average molecular weight is 433 g/mol. The summed E-state index contributed by atoms with van der Waals surface area (Å²) in [7, 11) is 3.18. The van der Waals surface area contributed by atoms with Crippen LogP contribution in [0.15, 0.2) is 60.9 Å². The number of carbonyl (C=O) groups is 1. The number of amides is 1. The van der Waals surface area contributed by atoms with E-state index < -0.39 is 6.04 Å². The van der Waals surface area contributed by atoms with Crippen LogP contribution in [-0.2, 0) is 4.79 Å². The minimum Gasteiger partial charge on any atom is -0.497 e. The third-order valence-electron chi connectivity index (χ3n) is 4.82. The summed E-state index contributed by atoms with van der Waals surface area (Å²) < 4.78 is 17.6. The molecular weight excluding hydrogens is 410 g/mol. The molecule has 164 valence electrons. The molecule has 9 nitrogen and oxygen atoms in total. The summed E-state index contributed by atoms with van der Waals surface area (Å²) in [5, 5.41) is 7.27. The standard InChI is InChI=1S/C23H23N5O4/c1-15(25-22(29)13-32-20-7-5-4-6-19(20)31-3)23-26-21-12-18(24-14-28(21)27-23)16-8-10-17(30-2)11-9-16/h4-12,14-15H,13H2,1-3H3,(H,25,29)/t15-/m0/s1. The van der Waals surface area contributed by atoms with Gasteiger partial charge in [-0.05, 0) is 43.3 Å². The molecule has 1 N–H and O–H groups in total. The highest BCUT2D eigenvalue weighted by Gasteiger charge is 2.16. The first kappa shape index (κ1) is 21.1. The molecular formula is C23H23N5O4. The van der Waals surface area contributed by atoms with Gasteiger partial charge in [0.1, 0.15) is 12.1 Å². The van der Waals surface area contributed by atoms with E-state index in [4.69, 9.17) is 14.2 Å². The summed E-state index contributed by atoms with van der Waals surface area (Å²) >= 11 is 0. The fraction of sp³-hybridized carbons (Fsp3) is 0.217. The van der Waals surface area contributed by atoms with Crippen LogP contribution in [0.1, 0.15) is 18.8 Å². The van der Waals surface area contributed by atoms with Crippen LogP contribution in [-0.4, -0.2) is 46.3 Å². The molecule has 0 unspecified atom stereocenters. The van der Waals surface area contributed by atoms with Crippen molar-refractivity contribution in [3.05, 3.63) is 66.7 Å². The smallest absolute Gasteiger partial charge is 0.258 e. The largest absolute Gasteiger partial charge is 0.497 e. The normalized spacial score (nSPS) is 11.7. The van der Waals surface area contributed by atoms with Gasteiger partial charge in [-0.1, -0.05) is 12.1 Å². The van der Waals surface area contributed by atoms with E-state index in [9.17, 15) is 4.79 Å². The zero-order chi connectivity index (χ0) is 22.5. The van der Waals surface area contributed by atoms with Gasteiger partial charge < -0.3 is 19.5 Å². The maximum absolute atomic E-state index is 12.3. The van der Waals surface area contributed by atoms with E-state index in [0.717, 1.165) is 17.0 Å². The molecule has 0 radical (unpaired) electrons. The van der Waals surface area contributed by atoms with Crippen LogP contribution in [0.2, 0.25) is 0 Å². The SMILES string of the molecule is COc1ccc(-c2cc3nc([C@H](C)NC(=O)COc4ccccc4OC)nn3cn2)cc1. The molecule has 0 fully saturated rings. The number of hydrogen-bond donors (Lipinski definition) is 1. The van der Waals surface area contributed by atoms with Gasteiger partial charge in [0, 0.05) is 11.6 Å². The second-order valence-corrected chi connectivity index (χ2v) is 7.00. The lowest BCUT2D eigenvalue weighted by atomic mass is 10.1. The molecule has 0 spiro atoms. The zero-order valence-electron chi connectivity index (χ0n) is 18.0. The summed E-state index contributed by atoms with van der Waals surface area (Å²) in [6, 6.07) is 16.2. The maximum atomic E-state index is 12.3. The Bertz CT molecular complexity index is 1220. The fourth-order valence-corrected chi connectivity index (χ4v) is 3.14. The van der Waals surface area contributed by atoms with Gasteiger partial charge in [0.2, 0.25) is 0 Å². The molecule has 4 aromatic rings. The number of benzene rings is 2. The van der Waals surface area contributed by atoms with Crippen molar-refractivity contribution in [2.24, 2.45) is 0 Å². The van der Waals surface area contributed by atoms with Crippen molar-refractivity contribution in [2.45, 2.75) is 13.0 Å². The van der Waals surface area contributed by atoms with Crippen LogP contribution < -0.4 is 19.5 Å². The Morgan fingerprint density at radius 2 is 1.81 bits per heavy atom. The average Bonchev–Trinajstić information content (AvgIpc) is 3.26. The molecule has 0 aliphatic heterocycles. The number of nitrogens with one attached hydrogen (secondary N) is 1. The highest BCUT2D eigenvalue weighted by atomic mass is 16.5. The lowest BCUT2D eigenvalue weighted by Crippen LogP contribution is -2.31. The lowest BCUT2D eigenvalue weighted by molar-refractivity contribution is -0.123. The summed E-state index contributed by atoms with van der Waals surface area (Å²) in [6.07, 6.45) is 1.60. The van der Waals surface area contributed by atoms with Crippen LogP contribution >= 0.6 is 0 Å². The van der Waals surface area contributed by atoms with Crippen molar-refractivity contribution in [3.8, 4) is 28.5 Å². The van der Waals surface area contributed by atoms with Crippen LogP contribution in [0.25, 0.3) is 16.9 Å². The van der Waals surface area contributed by atoms with Crippen LogP contribution in [0, 0.1) is 0 Å². The summed E-state index contributed by atoms with van der Waals surface area (Å²) in [5.74, 6) is 2.03. The Morgan fingerprint density at radius 3 is 2.53 bits per heavy atom. The topological polar surface area (TPSA) is 99.9 Å². The molecule has 2 heterocycles. The first-order valence-electron chi connectivity index (χ1n) is 9.99. The minimum atomic E-state index is -0.409. The van der Waals surface area contributed by atoms with E-state index in [2.05, 4.69) is 20.4 Å². The van der Waals surface area contributed by atoms with E-state index >= 15 is 0 Å². The van der Waals surface area contributed by atoms with E-state index in [1.54, 1.807) is 37.2 Å². The molecule has 0 aliphatic carbocycles.